The van der Waals surface area contributed by atoms with Crippen molar-refractivity contribution < 1.29 is 9.90 Å². The van der Waals surface area contributed by atoms with Crippen molar-refractivity contribution in [1.29, 1.82) is 0 Å². The van der Waals surface area contributed by atoms with Crippen LogP contribution in [0.15, 0.2) is 30.3 Å². The minimum absolute atomic E-state index is 0.0621. The number of benzene rings is 1. The predicted molar refractivity (Wildman–Crippen MR) is 77.1 cm³/mol. The molecule has 0 amide bonds. The molecule has 0 aliphatic rings. The van der Waals surface area contributed by atoms with Gasteiger partial charge in [-0.25, -0.2) is 0 Å². The molecule has 0 aliphatic carbocycles. The summed E-state index contributed by atoms with van der Waals surface area (Å²) in [5, 5.41) is 9.94. The summed E-state index contributed by atoms with van der Waals surface area (Å²) in [5.74, 6) is 2.27. The van der Waals surface area contributed by atoms with Crippen molar-refractivity contribution >= 4 is 13.9 Å². The maximum absolute atomic E-state index is 12.1. The van der Waals surface area contributed by atoms with Gasteiger partial charge in [0.05, 0.1) is 5.92 Å². The third-order valence-corrected chi connectivity index (χ3v) is 3.43. The summed E-state index contributed by atoms with van der Waals surface area (Å²) >= 11 is 0. The molecule has 18 heavy (non-hydrogen) atoms. The Labute approximate surface area is 110 Å². The molecule has 0 bridgehead atoms. The molecular formula is C15H20O2Si. The molecule has 1 aromatic carbocycles. The molecule has 96 valence electrons. The van der Waals surface area contributed by atoms with Crippen LogP contribution in [0.25, 0.3) is 0 Å². The third kappa shape index (κ3) is 4.48. The van der Waals surface area contributed by atoms with Crippen LogP contribution in [0.1, 0.15) is 17.3 Å². The second-order valence-electron chi connectivity index (χ2n) is 5.48. The van der Waals surface area contributed by atoms with Gasteiger partial charge >= 0.3 is 0 Å². The lowest BCUT2D eigenvalue weighted by Crippen LogP contribution is -2.26. The van der Waals surface area contributed by atoms with Gasteiger partial charge in [-0.1, -0.05) is 62.8 Å². The summed E-state index contributed by atoms with van der Waals surface area (Å²) in [7, 11) is -1.51. The number of aliphatic hydroxyl groups excluding tert-OH is 1. The maximum atomic E-state index is 12.1. The van der Waals surface area contributed by atoms with E-state index in [9.17, 15) is 9.90 Å². The van der Waals surface area contributed by atoms with Crippen molar-refractivity contribution in [3.05, 3.63) is 35.9 Å². The lowest BCUT2D eigenvalue weighted by molar-refractivity contribution is 0.0817. The molecule has 2 nitrogen and oxygen atoms in total. The molecule has 2 atom stereocenters. The van der Waals surface area contributed by atoms with E-state index in [0.717, 1.165) is 0 Å². The minimum Gasteiger partial charge on any atom is -0.380 e. The minimum atomic E-state index is -1.51. The maximum Gasteiger partial charge on any atom is 0.169 e. The van der Waals surface area contributed by atoms with Gasteiger partial charge in [0.2, 0.25) is 0 Å². The molecule has 0 aliphatic heterocycles. The molecule has 0 unspecified atom stereocenters. The van der Waals surface area contributed by atoms with Gasteiger partial charge in [-0.15, -0.1) is 5.54 Å². The standard InChI is InChI=1S/C15H20O2Si/c1-12(14(16)10-11-18(2,3)4)15(17)13-8-6-5-7-9-13/h5-9,12,14,16H,1-4H3/t12-,14+/m1/s1. The molecule has 0 saturated heterocycles. The third-order valence-electron chi connectivity index (χ3n) is 2.54. The van der Waals surface area contributed by atoms with Gasteiger partial charge in [-0.3, -0.25) is 4.79 Å². The Hall–Kier alpha value is -1.37. The van der Waals surface area contributed by atoms with Crippen LogP contribution in [-0.4, -0.2) is 25.1 Å². The first-order valence-electron chi connectivity index (χ1n) is 6.11. The fraction of sp³-hybridized carbons (Fsp3) is 0.400. The molecule has 1 rings (SSSR count). The Balaban J connectivity index is 2.78. The number of rotatable bonds is 3. The Morgan fingerprint density at radius 1 is 1.22 bits per heavy atom. The molecule has 1 N–H and O–H groups in total. The van der Waals surface area contributed by atoms with Gasteiger partial charge in [0.15, 0.2) is 5.78 Å². The highest BCUT2D eigenvalue weighted by molar-refractivity contribution is 6.83. The van der Waals surface area contributed by atoms with Gasteiger partial charge in [-0.2, -0.15) is 0 Å². The summed E-state index contributed by atoms with van der Waals surface area (Å²) in [6, 6.07) is 9.03. The number of carbonyl (C=O) groups excluding carboxylic acids is 1. The Bertz CT molecular complexity index is 463. The summed E-state index contributed by atoms with van der Waals surface area (Å²) in [5.41, 5.74) is 3.72. The van der Waals surface area contributed by atoms with E-state index in [1.54, 1.807) is 19.1 Å². The zero-order valence-electron chi connectivity index (χ0n) is 11.4. The normalized spacial score (nSPS) is 14.3. The summed E-state index contributed by atoms with van der Waals surface area (Å²) < 4.78 is 0. The van der Waals surface area contributed by atoms with Crippen molar-refractivity contribution in [3.63, 3.8) is 0 Å². The Morgan fingerprint density at radius 2 is 1.78 bits per heavy atom. The lowest BCUT2D eigenvalue weighted by atomic mass is 9.95. The van der Waals surface area contributed by atoms with Crippen molar-refractivity contribution in [1.82, 2.24) is 0 Å². The number of carbonyl (C=O) groups is 1. The summed E-state index contributed by atoms with van der Waals surface area (Å²) in [6.07, 6.45) is -0.885. The first-order chi connectivity index (χ1) is 8.31. The fourth-order valence-electron chi connectivity index (χ4n) is 1.42. The van der Waals surface area contributed by atoms with Gasteiger partial charge in [0.1, 0.15) is 14.2 Å². The fourth-order valence-corrected chi connectivity index (χ4v) is 2.01. The monoisotopic (exact) mass is 260 g/mol. The SMILES string of the molecule is C[C@@H](C(=O)c1ccccc1)[C@@H](O)C#C[Si](C)(C)C. The molecule has 0 aromatic heterocycles. The molecule has 1 aromatic rings. The lowest BCUT2D eigenvalue weighted by Gasteiger charge is -2.13. The van der Waals surface area contributed by atoms with Crippen LogP contribution >= 0.6 is 0 Å². The molecule has 0 spiro atoms. The van der Waals surface area contributed by atoms with E-state index in [1.807, 2.05) is 18.2 Å². The van der Waals surface area contributed by atoms with Gasteiger partial charge < -0.3 is 5.11 Å². The number of aliphatic hydroxyl groups is 1. The van der Waals surface area contributed by atoms with Crippen molar-refractivity contribution in [2.75, 3.05) is 0 Å². The molecule has 0 heterocycles. The highest BCUT2D eigenvalue weighted by Crippen LogP contribution is 2.12. The smallest absolute Gasteiger partial charge is 0.169 e. The second kappa shape index (κ2) is 5.99. The molecule has 0 saturated carbocycles. The largest absolute Gasteiger partial charge is 0.380 e. The van der Waals surface area contributed by atoms with Crippen molar-refractivity contribution in [3.8, 4) is 11.5 Å². The zero-order chi connectivity index (χ0) is 13.8. The highest BCUT2D eigenvalue weighted by atomic mass is 28.3. The molecule has 3 heteroatoms. The Kier molecular flexibility index (Phi) is 4.89. The number of Topliss-reactive ketones (excluding diaryl/α,β-unsaturated/α-hetero) is 1. The van der Waals surface area contributed by atoms with E-state index in [0.29, 0.717) is 5.56 Å². The Morgan fingerprint density at radius 3 is 2.28 bits per heavy atom. The highest BCUT2D eigenvalue weighted by Gasteiger charge is 2.22. The van der Waals surface area contributed by atoms with Crippen LogP contribution in [-0.2, 0) is 0 Å². The van der Waals surface area contributed by atoms with E-state index in [-0.39, 0.29) is 5.78 Å². The van der Waals surface area contributed by atoms with Crippen LogP contribution in [0.2, 0.25) is 19.6 Å². The molecular weight excluding hydrogens is 240 g/mol. The number of hydrogen-bond donors (Lipinski definition) is 1. The number of hydrogen-bond acceptors (Lipinski definition) is 2. The number of ketones is 1. The van der Waals surface area contributed by atoms with E-state index in [4.69, 9.17) is 0 Å². The van der Waals surface area contributed by atoms with E-state index in [2.05, 4.69) is 31.1 Å². The second-order valence-corrected chi connectivity index (χ2v) is 10.2. The van der Waals surface area contributed by atoms with Gasteiger partial charge in [0, 0.05) is 5.56 Å². The van der Waals surface area contributed by atoms with Crippen LogP contribution in [0.5, 0.6) is 0 Å². The van der Waals surface area contributed by atoms with Gasteiger partial charge in [0.25, 0.3) is 0 Å². The van der Waals surface area contributed by atoms with Crippen LogP contribution < -0.4 is 0 Å². The van der Waals surface area contributed by atoms with Crippen LogP contribution in [0, 0.1) is 17.4 Å². The predicted octanol–water partition coefficient (Wildman–Crippen LogP) is 2.75. The van der Waals surface area contributed by atoms with Crippen molar-refractivity contribution in [2.24, 2.45) is 5.92 Å². The quantitative estimate of drug-likeness (QED) is 0.515. The van der Waals surface area contributed by atoms with Gasteiger partial charge in [-0.05, 0) is 0 Å². The average molecular weight is 260 g/mol. The molecule has 0 radical (unpaired) electrons. The van der Waals surface area contributed by atoms with E-state index >= 15 is 0 Å². The van der Waals surface area contributed by atoms with Crippen molar-refractivity contribution in [2.45, 2.75) is 32.7 Å². The first kappa shape index (κ1) is 14.7. The summed E-state index contributed by atoms with van der Waals surface area (Å²) in [6.45, 7) is 8.04. The average Bonchev–Trinajstić information content (AvgIpc) is 2.34. The van der Waals surface area contributed by atoms with E-state index < -0.39 is 20.1 Å². The van der Waals surface area contributed by atoms with Crippen LogP contribution in [0.3, 0.4) is 0 Å². The topological polar surface area (TPSA) is 37.3 Å². The van der Waals surface area contributed by atoms with Crippen LogP contribution in [0.4, 0.5) is 0 Å². The zero-order valence-corrected chi connectivity index (χ0v) is 12.4. The summed E-state index contributed by atoms with van der Waals surface area (Å²) in [4.78, 5) is 12.1. The molecule has 0 fully saturated rings. The first-order valence-corrected chi connectivity index (χ1v) is 9.61. The van der Waals surface area contributed by atoms with E-state index in [1.165, 1.54) is 0 Å².